The summed E-state index contributed by atoms with van der Waals surface area (Å²) in [6.07, 6.45) is 4.12. The molecule has 1 aliphatic heterocycles. The molecule has 92 valence electrons. The molecule has 6 heteroatoms. The van der Waals surface area contributed by atoms with E-state index in [0.29, 0.717) is 13.0 Å². The van der Waals surface area contributed by atoms with Crippen molar-refractivity contribution < 1.29 is 14.7 Å². The summed E-state index contributed by atoms with van der Waals surface area (Å²) in [4.78, 5) is 24.2. The van der Waals surface area contributed by atoms with Gasteiger partial charge in [0.25, 0.3) is 0 Å². The van der Waals surface area contributed by atoms with Gasteiger partial charge in [-0.1, -0.05) is 0 Å². The SMILES string of the molecule is O=C(O)c1ccn(CCC(=O)N2CCCC2)n1. The number of rotatable bonds is 4. The van der Waals surface area contributed by atoms with Crippen LogP contribution in [0.25, 0.3) is 0 Å². The molecule has 0 saturated carbocycles. The normalized spacial score (nSPS) is 15.2. The van der Waals surface area contributed by atoms with Crippen LogP contribution in [0.3, 0.4) is 0 Å². The quantitative estimate of drug-likeness (QED) is 0.831. The topological polar surface area (TPSA) is 75.4 Å². The van der Waals surface area contributed by atoms with Crippen LogP contribution in [-0.4, -0.2) is 44.8 Å². The third-order valence-corrected chi connectivity index (χ3v) is 2.87. The molecular weight excluding hydrogens is 222 g/mol. The van der Waals surface area contributed by atoms with E-state index >= 15 is 0 Å². The van der Waals surface area contributed by atoms with E-state index in [2.05, 4.69) is 5.10 Å². The first-order valence-corrected chi connectivity index (χ1v) is 5.71. The maximum absolute atomic E-state index is 11.7. The monoisotopic (exact) mass is 237 g/mol. The zero-order valence-corrected chi connectivity index (χ0v) is 9.50. The Morgan fingerprint density at radius 3 is 2.65 bits per heavy atom. The second kappa shape index (κ2) is 4.99. The van der Waals surface area contributed by atoms with E-state index < -0.39 is 5.97 Å². The molecule has 1 aromatic rings. The molecule has 0 radical (unpaired) electrons. The lowest BCUT2D eigenvalue weighted by Gasteiger charge is -2.14. The van der Waals surface area contributed by atoms with Gasteiger partial charge < -0.3 is 10.0 Å². The molecule has 17 heavy (non-hydrogen) atoms. The average Bonchev–Trinajstić information content (AvgIpc) is 2.97. The molecule has 1 aromatic heterocycles. The first-order valence-electron chi connectivity index (χ1n) is 5.71. The molecular formula is C11H15N3O3. The Kier molecular flexibility index (Phi) is 3.41. The van der Waals surface area contributed by atoms with Crippen LogP contribution in [0.5, 0.6) is 0 Å². The summed E-state index contributed by atoms with van der Waals surface area (Å²) in [6, 6.07) is 1.43. The van der Waals surface area contributed by atoms with Gasteiger partial charge in [-0.2, -0.15) is 5.10 Å². The number of aromatic carboxylic acids is 1. The number of carbonyl (C=O) groups is 2. The van der Waals surface area contributed by atoms with E-state index in [9.17, 15) is 9.59 Å². The predicted octanol–water partition coefficient (Wildman–Crippen LogP) is 0.594. The van der Waals surface area contributed by atoms with E-state index in [1.807, 2.05) is 4.90 Å². The zero-order chi connectivity index (χ0) is 12.3. The van der Waals surface area contributed by atoms with Crippen molar-refractivity contribution in [2.24, 2.45) is 0 Å². The molecule has 2 heterocycles. The largest absolute Gasteiger partial charge is 0.476 e. The summed E-state index contributed by atoms with van der Waals surface area (Å²) in [7, 11) is 0. The lowest BCUT2D eigenvalue weighted by atomic mass is 10.3. The molecule has 0 bridgehead atoms. The fraction of sp³-hybridized carbons (Fsp3) is 0.545. The number of aromatic nitrogens is 2. The molecule has 0 atom stereocenters. The highest BCUT2D eigenvalue weighted by Crippen LogP contribution is 2.09. The van der Waals surface area contributed by atoms with Crippen LogP contribution >= 0.6 is 0 Å². The number of carboxylic acid groups (broad SMARTS) is 1. The highest BCUT2D eigenvalue weighted by Gasteiger charge is 2.17. The number of amides is 1. The summed E-state index contributed by atoms with van der Waals surface area (Å²) < 4.78 is 1.50. The summed E-state index contributed by atoms with van der Waals surface area (Å²) in [5, 5.41) is 12.6. The van der Waals surface area contributed by atoms with Gasteiger partial charge in [0.15, 0.2) is 5.69 Å². The average molecular weight is 237 g/mol. The Morgan fingerprint density at radius 1 is 1.35 bits per heavy atom. The van der Waals surface area contributed by atoms with Crippen molar-refractivity contribution in [2.45, 2.75) is 25.8 Å². The standard InChI is InChI=1S/C11H15N3O3/c15-10(13-5-1-2-6-13)4-8-14-7-3-9(12-14)11(16)17/h3,7H,1-2,4-6,8H2,(H,16,17). The molecule has 1 fully saturated rings. The van der Waals surface area contributed by atoms with Crippen LogP contribution in [0.4, 0.5) is 0 Å². The van der Waals surface area contributed by atoms with Crippen molar-refractivity contribution in [3.63, 3.8) is 0 Å². The van der Waals surface area contributed by atoms with Gasteiger partial charge in [0.1, 0.15) is 0 Å². The van der Waals surface area contributed by atoms with E-state index in [1.165, 1.54) is 10.7 Å². The van der Waals surface area contributed by atoms with E-state index in [1.54, 1.807) is 6.20 Å². The maximum atomic E-state index is 11.7. The highest BCUT2D eigenvalue weighted by atomic mass is 16.4. The highest BCUT2D eigenvalue weighted by molar-refractivity contribution is 5.85. The van der Waals surface area contributed by atoms with E-state index in [-0.39, 0.29) is 11.6 Å². The molecule has 0 spiro atoms. The third-order valence-electron chi connectivity index (χ3n) is 2.87. The molecule has 2 rings (SSSR count). The Bertz CT molecular complexity index is 421. The lowest BCUT2D eigenvalue weighted by Crippen LogP contribution is -2.28. The number of carboxylic acids is 1. The molecule has 1 aliphatic rings. The molecule has 6 nitrogen and oxygen atoms in total. The summed E-state index contributed by atoms with van der Waals surface area (Å²) in [6.45, 7) is 2.12. The summed E-state index contributed by atoms with van der Waals surface area (Å²) >= 11 is 0. The minimum Gasteiger partial charge on any atom is -0.476 e. The molecule has 1 N–H and O–H groups in total. The number of carbonyl (C=O) groups excluding carboxylic acids is 1. The van der Waals surface area contributed by atoms with Crippen LogP contribution < -0.4 is 0 Å². The first kappa shape index (κ1) is 11.6. The Morgan fingerprint density at radius 2 is 2.06 bits per heavy atom. The van der Waals surface area contributed by atoms with Crippen molar-refractivity contribution in [1.29, 1.82) is 0 Å². The number of aryl methyl sites for hydroxylation is 1. The van der Waals surface area contributed by atoms with Crippen molar-refractivity contribution in [3.05, 3.63) is 18.0 Å². The van der Waals surface area contributed by atoms with Gasteiger partial charge in [0.05, 0.1) is 0 Å². The van der Waals surface area contributed by atoms with Crippen LogP contribution in [0.1, 0.15) is 29.8 Å². The minimum atomic E-state index is -1.05. The smallest absolute Gasteiger partial charge is 0.356 e. The summed E-state index contributed by atoms with van der Waals surface area (Å²) in [5.74, 6) is -0.926. The number of likely N-dealkylation sites (tertiary alicyclic amines) is 1. The number of hydrogen-bond acceptors (Lipinski definition) is 3. The second-order valence-electron chi connectivity index (χ2n) is 4.11. The maximum Gasteiger partial charge on any atom is 0.356 e. The lowest BCUT2D eigenvalue weighted by molar-refractivity contribution is -0.130. The molecule has 0 aliphatic carbocycles. The van der Waals surface area contributed by atoms with Crippen LogP contribution in [0.15, 0.2) is 12.3 Å². The van der Waals surface area contributed by atoms with Gasteiger partial charge >= 0.3 is 5.97 Å². The van der Waals surface area contributed by atoms with Crippen LogP contribution in [0.2, 0.25) is 0 Å². The first-order chi connectivity index (χ1) is 8.16. The van der Waals surface area contributed by atoms with Crippen molar-refractivity contribution in [2.75, 3.05) is 13.1 Å². The van der Waals surface area contributed by atoms with Gasteiger partial charge in [0.2, 0.25) is 5.91 Å². The molecule has 0 aromatic carbocycles. The second-order valence-corrected chi connectivity index (χ2v) is 4.11. The number of nitrogens with zero attached hydrogens (tertiary/aromatic N) is 3. The van der Waals surface area contributed by atoms with Crippen molar-refractivity contribution >= 4 is 11.9 Å². The Labute approximate surface area is 98.8 Å². The van der Waals surface area contributed by atoms with E-state index in [4.69, 9.17) is 5.11 Å². The van der Waals surface area contributed by atoms with Gasteiger partial charge in [-0.05, 0) is 18.9 Å². The molecule has 1 saturated heterocycles. The minimum absolute atomic E-state index is 0.0126. The van der Waals surface area contributed by atoms with Crippen molar-refractivity contribution in [3.8, 4) is 0 Å². The Hall–Kier alpha value is -1.85. The third kappa shape index (κ3) is 2.83. The van der Waals surface area contributed by atoms with Crippen molar-refractivity contribution in [1.82, 2.24) is 14.7 Å². The predicted molar refractivity (Wildman–Crippen MR) is 59.6 cm³/mol. The van der Waals surface area contributed by atoms with Gasteiger partial charge in [-0.3, -0.25) is 9.48 Å². The summed E-state index contributed by atoms with van der Waals surface area (Å²) in [5.41, 5.74) is 0.0126. The number of hydrogen-bond donors (Lipinski definition) is 1. The molecule has 1 amide bonds. The Balaban J connectivity index is 1.84. The van der Waals surface area contributed by atoms with Gasteiger partial charge in [-0.15, -0.1) is 0 Å². The van der Waals surface area contributed by atoms with Gasteiger partial charge in [-0.25, -0.2) is 4.79 Å². The van der Waals surface area contributed by atoms with Crippen LogP contribution in [0, 0.1) is 0 Å². The van der Waals surface area contributed by atoms with Gasteiger partial charge in [0, 0.05) is 32.3 Å². The molecule has 0 unspecified atom stereocenters. The van der Waals surface area contributed by atoms with E-state index in [0.717, 1.165) is 25.9 Å². The van der Waals surface area contributed by atoms with Crippen LogP contribution in [-0.2, 0) is 11.3 Å². The zero-order valence-electron chi connectivity index (χ0n) is 9.50. The fourth-order valence-electron chi connectivity index (χ4n) is 1.94. The fourth-order valence-corrected chi connectivity index (χ4v) is 1.94.